The number of fused-ring (bicyclic) bond motifs is 10. The summed E-state index contributed by atoms with van der Waals surface area (Å²) < 4.78 is 5.61. The maximum atomic E-state index is 13.5. The molecule has 7 atom stereocenters. The third-order valence-corrected chi connectivity index (χ3v) is 6.21. The number of ether oxygens (including phenoxy) is 1. The van der Waals surface area contributed by atoms with Gasteiger partial charge in [-0.25, -0.2) is 0 Å². The Morgan fingerprint density at radius 3 is 2.39 bits per heavy atom. The monoisotopic (exact) mass is 461 g/mol. The van der Waals surface area contributed by atoms with Crippen LogP contribution in [0.25, 0.3) is 0 Å². The fraction of sp³-hybridized carbons (Fsp3) is 0.560. The van der Waals surface area contributed by atoms with E-state index in [1.165, 1.54) is 13.8 Å². The molecule has 0 saturated carbocycles. The van der Waals surface area contributed by atoms with Crippen LogP contribution in [0, 0.1) is 11.3 Å². The van der Waals surface area contributed by atoms with Crippen LogP contribution in [-0.2, 0) is 19.1 Å². The molecule has 33 heavy (non-hydrogen) atoms. The predicted molar refractivity (Wildman–Crippen MR) is 123 cm³/mol. The van der Waals surface area contributed by atoms with Crippen molar-refractivity contribution in [3.8, 4) is 0 Å². The van der Waals surface area contributed by atoms with E-state index in [-0.39, 0.29) is 6.42 Å². The molecular weight excluding hydrogens is 426 g/mol. The third-order valence-electron chi connectivity index (χ3n) is 6.21. The number of amides is 1. The van der Waals surface area contributed by atoms with Gasteiger partial charge in [0.25, 0.3) is 0 Å². The van der Waals surface area contributed by atoms with Crippen LogP contribution in [0.3, 0.4) is 0 Å². The van der Waals surface area contributed by atoms with E-state index < -0.39 is 59.5 Å². The number of aliphatic hydroxyl groups is 3. The molecule has 4 N–H and O–H groups in total. The van der Waals surface area contributed by atoms with Gasteiger partial charge in [-0.2, -0.15) is 0 Å². The second kappa shape index (κ2) is 11.0. The van der Waals surface area contributed by atoms with E-state index in [9.17, 15) is 29.7 Å². The van der Waals surface area contributed by atoms with Gasteiger partial charge in [0.1, 0.15) is 17.6 Å². The lowest BCUT2D eigenvalue weighted by atomic mass is 9.69. The molecule has 0 aromatic heterocycles. The number of aliphatic hydroxyl groups excluding tert-OH is 3. The van der Waals surface area contributed by atoms with Crippen molar-refractivity contribution in [2.75, 3.05) is 0 Å². The normalized spacial score (nSPS) is 37.3. The van der Waals surface area contributed by atoms with Crippen molar-refractivity contribution in [3.05, 3.63) is 47.6 Å². The summed E-state index contributed by atoms with van der Waals surface area (Å²) in [7, 11) is 0. The summed E-state index contributed by atoms with van der Waals surface area (Å²) in [6, 6.07) is -1.09. The Bertz CT molecular complexity index is 885. The van der Waals surface area contributed by atoms with E-state index in [0.29, 0.717) is 12.0 Å². The molecular formula is C25H35NO7. The van der Waals surface area contributed by atoms with Gasteiger partial charge < -0.3 is 25.4 Å². The summed E-state index contributed by atoms with van der Waals surface area (Å²) in [5, 5.41) is 32.9. The number of rotatable bonds is 2. The van der Waals surface area contributed by atoms with Gasteiger partial charge in [0.05, 0.1) is 24.2 Å². The fourth-order valence-electron chi connectivity index (χ4n) is 3.88. The maximum Gasteiger partial charge on any atom is 0.322 e. The van der Waals surface area contributed by atoms with E-state index in [0.717, 1.165) is 5.57 Å². The lowest BCUT2D eigenvalue weighted by Crippen LogP contribution is -2.61. The molecule has 2 aliphatic heterocycles. The Kier molecular flexibility index (Phi) is 8.94. The molecule has 2 bridgehead atoms. The summed E-state index contributed by atoms with van der Waals surface area (Å²) in [5.74, 6) is -2.70. The van der Waals surface area contributed by atoms with Crippen molar-refractivity contribution in [1.29, 1.82) is 0 Å². The summed E-state index contributed by atoms with van der Waals surface area (Å²) in [6.45, 7) is 7.89. The first-order valence-electron chi connectivity index (χ1n) is 11.2. The zero-order chi connectivity index (χ0) is 24.9. The SMILES string of the molecule is CC1=CC[C@H](O)/C=C\C(C)=C/C(NC(=O)[C@@H](C)O)[C@]2(C)C(=O)O[C@H](C[C@H](O)C=C1)[C@@H](C)C2=O. The van der Waals surface area contributed by atoms with Crippen molar-refractivity contribution < 1.29 is 34.4 Å². The van der Waals surface area contributed by atoms with Crippen LogP contribution in [0.4, 0.5) is 0 Å². The first-order chi connectivity index (χ1) is 15.4. The van der Waals surface area contributed by atoms with E-state index in [2.05, 4.69) is 5.32 Å². The Hall–Kier alpha value is -2.55. The zero-order valence-corrected chi connectivity index (χ0v) is 19.8. The van der Waals surface area contributed by atoms with Gasteiger partial charge in [-0.3, -0.25) is 14.4 Å². The third kappa shape index (κ3) is 6.50. The Balaban J connectivity index is 2.56. The molecule has 0 spiro atoms. The first-order valence-corrected chi connectivity index (χ1v) is 11.2. The molecule has 1 unspecified atom stereocenters. The van der Waals surface area contributed by atoms with Crippen LogP contribution >= 0.6 is 0 Å². The van der Waals surface area contributed by atoms with E-state index in [1.54, 1.807) is 44.2 Å². The molecule has 2 heterocycles. The first kappa shape index (κ1) is 26.7. The topological polar surface area (TPSA) is 133 Å². The molecule has 0 radical (unpaired) electrons. The van der Waals surface area contributed by atoms with Crippen molar-refractivity contribution in [2.24, 2.45) is 11.3 Å². The van der Waals surface area contributed by atoms with Gasteiger partial charge in [-0.15, -0.1) is 0 Å². The van der Waals surface area contributed by atoms with Gasteiger partial charge in [0.2, 0.25) is 5.91 Å². The van der Waals surface area contributed by atoms with Crippen LogP contribution in [0.1, 0.15) is 47.5 Å². The van der Waals surface area contributed by atoms with Gasteiger partial charge in [-0.05, 0) is 34.1 Å². The minimum atomic E-state index is -1.74. The lowest BCUT2D eigenvalue weighted by molar-refractivity contribution is -0.181. The maximum absolute atomic E-state index is 13.5. The molecule has 1 amide bonds. The number of carbonyl (C=O) groups excluding carboxylic acids is 3. The highest BCUT2D eigenvalue weighted by molar-refractivity contribution is 6.08. The Morgan fingerprint density at radius 1 is 1.15 bits per heavy atom. The van der Waals surface area contributed by atoms with Crippen LogP contribution in [0.15, 0.2) is 47.6 Å². The second-order valence-electron chi connectivity index (χ2n) is 9.14. The largest absolute Gasteiger partial charge is 0.461 e. The molecule has 8 heteroatoms. The van der Waals surface area contributed by atoms with Crippen molar-refractivity contribution >= 4 is 17.7 Å². The number of hydrogen-bond acceptors (Lipinski definition) is 7. The molecule has 1 saturated heterocycles. The molecule has 0 aromatic rings. The minimum absolute atomic E-state index is 0.0439. The number of carbonyl (C=O) groups is 3. The highest BCUT2D eigenvalue weighted by Crippen LogP contribution is 2.38. The fourth-order valence-corrected chi connectivity index (χ4v) is 3.88. The highest BCUT2D eigenvalue weighted by atomic mass is 16.5. The van der Waals surface area contributed by atoms with Crippen molar-refractivity contribution in [3.63, 3.8) is 0 Å². The molecule has 1 fully saturated rings. The minimum Gasteiger partial charge on any atom is -0.461 e. The van der Waals surface area contributed by atoms with Gasteiger partial charge in [0, 0.05) is 6.42 Å². The van der Waals surface area contributed by atoms with Gasteiger partial charge in [0.15, 0.2) is 5.78 Å². The summed E-state index contributed by atoms with van der Waals surface area (Å²) in [4.78, 5) is 38.9. The summed E-state index contributed by atoms with van der Waals surface area (Å²) in [6.07, 6.45) is 6.38. The zero-order valence-electron chi connectivity index (χ0n) is 19.8. The van der Waals surface area contributed by atoms with Crippen molar-refractivity contribution in [1.82, 2.24) is 5.32 Å². The number of esters is 1. The Morgan fingerprint density at radius 2 is 1.76 bits per heavy atom. The number of Topliss-reactive ketones (excluding diaryl/α,β-unsaturated/α-hetero) is 1. The lowest BCUT2D eigenvalue weighted by Gasteiger charge is -2.42. The molecule has 182 valence electrons. The van der Waals surface area contributed by atoms with Crippen LogP contribution in [-0.4, -0.2) is 63.4 Å². The quantitative estimate of drug-likeness (QED) is 0.362. The molecule has 0 aromatic carbocycles. The average Bonchev–Trinajstić information content (AvgIpc) is 2.75. The highest BCUT2D eigenvalue weighted by Gasteiger charge is 2.56. The summed E-state index contributed by atoms with van der Waals surface area (Å²) in [5.41, 5.74) is -0.292. The summed E-state index contributed by atoms with van der Waals surface area (Å²) >= 11 is 0. The van der Waals surface area contributed by atoms with Gasteiger partial charge >= 0.3 is 5.97 Å². The standard InChI is InChI=1S/C25H35NO7/c1-14-6-9-18(28)10-8-15(2)12-21(26-23(31)17(4)27)25(5)22(30)16(3)20(33-24(25)32)13-19(29)11-7-14/h6-8,10-12,16-21,27-29H,9,13H2,1-5H3,(H,26,31)/b10-8-,11-7?,14-6?,15-12-/t16-,17-,18+,19-,20-,21?,25+/m1/s1. The molecule has 3 rings (SSSR count). The Labute approximate surface area is 194 Å². The average molecular weight is 462 g/mol. The predicted octanol–water partition coefficient (Wildman–Crippen LogP) is 1.51. The molecule has 3 aliphatic rings. The second-order valence-corrected chi connectivity index (χ2v) is 9.14. The van der Waals surface area contributed by atoms with Crippen LogP contribution < -0.4 is 5.32 Å². The number of nitrogens with one attached hydrogen (secondary N) is 1. The number of allylic oxidation sites excluding steroid dienone is 4. The van der Waals surface area contributed by atoms with Crippen LogP contribution in [0.2, 0.25) is 0 Å². The van der Waals surface area contributed by atoms with E-state index in [1.807, 2.05) is 13.0 Å². The van der Waals surface area contributed by atoms with Crippen LogP contribution in [0.5, 0.6) is 0 Å². The van der Waals surface area contributed by atoms with Crippen molar-refractivity contribution in [2.45, 2.75) is 77.9 Å². The smallest absolute Gasteiger partial charge is 0.322 e. The van der Waals surface area contributed by atoms with E-state index in [4.69, 9.17) is 4.74 Å². The number of hydrogen-bond donors (Lipinski definition) is 4. The molecule has 1 aliphatic carbocycles. The van der Waals surface area contributed by atoms with E-state index >= 15 is 0 Å². The van der Waals surface area contributed by atoms with Gasteiger partial charge in [-0.1, -0.05) is 54.5 Å². The number of ketones is 1. The molecule has 8 nitrogen and oxygen atoms in total.